The molecule has 3 aromatic carbocycles. The number of nitrogens with one attached hydrogen (secondary N) is 2. The molecule has 2 amide bonds. The second-order valence-electron chi connectivity index (χ2n) is 7.56. The summed E-state index contributed by atoms with van der Waals surface area (Å²) in [6.45, 7) is 1.83. The molecule has 0 spiro atoms. The molecule has 0 aliphatic rings. The highest BCUT2D eigenvalue weighted by Gasteiger charge is 2.18. The lowest BCUT2D eigenvalue weighted by Crippen LogP contribution is -2.35. The van der Waals surface area contributed by atoms with Gasteiger partial charge in [-0.3, -0.25) is 14.4 Å². The van der Waals surface area contributed by atoms with Crippen molar-refractivity contribution in [2.24, 2.45) is 0 Å². The Kier molecular flexibility index (Phi) is 6.51. The molecule has 4 rings (SSSR count). The van der Waals surface area contributed by atoms with Gasteiger partial charge in [0.1, 0.15) is 0 Å². The Morgan fingerprint density at radius 3 is 2.39 bits per heavy atom. The summed E-state index contributed by atoms with van der Waals surface area (Å²) in [5, 5.41) is 10.8. The molecule has 33 heavy (non-hydrogen) atoms. The standard InChI is InChI=1S/C25H21ClN4O3/c1-16-11-12-21(20(26)13-16)28-22(31)14-27-24(32)23-18-9-5-6-10-19(18)25(33)30(29-23)15-17-7-3-2-4-8-17/h2-13H,14-15H2,1H3,(H,27,32)(H,28,31). The van der Waals surface area contributed by atoms with Gasteiger partial charge in [-0.25, -0.2) is 4.68 Å². The molecule has 0 fully saturated rings. The molecule has 0 unspecified atom stereocenters. The van der Waals surface area contributed by atoms with E-state index in [2.05, 4.69) is 15.7 Å². The van der Waals surface area contributed by atoms with E-state index in [1.165, 1.54) is 4.68 Å². The van der Waals surface area contributed by atoms with Gasteiger partial charge < -0.3 is 10.6 Å². The Labute approximate surface area is 195 Å². The number of hydrogen-bond donors (Lipinski definition) is 2. The molecule has 0 radical (unpaired) electrons. The number of fused-ring (bicyclic) bond motifs is 1. The normalized spacial score (nSPS) is 10.7. The van der Waals surface area contributed by atoms with E-state index < -0.39 is 11.8 Å². The first-order valence-electron chi connectivity index (χ1n) is 10.3. The van der Waals surface area contributed by atoms with Gasteiger partial charge in [0, 0.05) is 5.39 Å². The van der Waals surface area contributed by atoms with Gasteiger partial charge >= 0.3 is 0 Å². The fraction of sp³-hybridized carbons (Fsp3) is 0.120. The van der Waals surface area contributed by atoms with Gasteiger partial charge in [-0.05, 0) is 36.2 Å². The molecule has 7 nitrogen and oxygen atoms in total. The lowest BCUT2D eigenvalue weighted by Gasteiger charge is -2.12. The molecule has 0 atom stereocenters. The minimum atomic E-state index is -0.557. The van der Waals surface area contributed by atoms with Crippen molar-refractivity contribution < 1.29 is 9.59 Å². The number of halogens is 1. The molecular formula is C25H21ClN4O3. The van der Waals surface area contributed by atoms with E-state index in [1.54, 1.807) is 36.4 Å². The Hall–Kier alpha value is -3.97. The predicted octanol–water partition coefficient (Wildman–Crippen LogP) is 3.78. The summed E-state index contributed by atoms with van der Waals surface area (Å²) < 4.78 is 1.26. The summed E-state index contributed by atoms with van der Waals surface area (Å²) in [5.74, 6) is -0.991. The van der Waals surface area contributed by atoms with Crippen molar-refractivity contribution in [2.45, 2.75) is 13.5 Å². The molecule has 1 aromatic heterocycles. The maximum Gasteiger partial charge on any atom is 0.274 e. The second-order valence-corrected chi connectivity index (χ2v) is 7.96. The van der Waals surface area contributed by atoms with E-state index in [4.69, 9.17) is 11.6 Å². The van der Waals surface area contributed by atoms with Crippen LogP contribution in [0.15, 0.2) is 77.6 Å². The van der Waals surface area contributed by atoms with Crippen LogP contribution >= 0.6 is 11.6 Å². The van der Waals surface area contributed by atoms with E-state index in [0.717, 1.165) is 11.1 Å². The van der Waals surface area contributed by atoms with Crippen molar-refractivity contribution in [3.63, 3.8) is 0 Å². The first kappa shape index (κ1) is 22.2. The highest BCUT2D eigenvalue weighted by Crippen LogP contribution is 2.22. The number of carbonyl (C=O) groups is 2. The van der Waals surface area contributed by atoms with Crippen LogP contribution < -0.4 is 16.2 Å². The number of rotatable bonds is 6. The third-order valence-corrected chi connectivity index (χ3v) is 5.38. The molecule has 4 aromatic rings. The third-order valence-electron chi connectivity index (χ3n) is 5.07. The fourth-order valence-electron chi connectivity index (χ4n) is 3.43. The average molecular weight is 461 g/mol. The number of amides is 2. The molecule has 0 saturated heterocycles. The smallest absolute Gasteiger partial charge is 0.274 e. The van der Waals surface area contributed by atoms with E-state index in [9.17, 15) is 14.4 Å². The van der Waals surface area contributed by atoms with Gasteiger partial charge in [0.05, 0.1) is 29.2 Å². The third kappa shape index (κ3) is 5.10. The quantitative estimate of drug-likeness (QED) is 0.458. The van der Waals surface area contributed by atoms with Crippen LogP contribution in [0.3, 0.4) is 0 Å². The van der Waals surface area contributed by atoms with E-state index >= 15 is 0 Å². The first-order chi connectivity index (χ1) is 15.9. The number of aryl methyl sites for hydroxylation is 1. The largest absolute Gasteiger partial charge is 0.342 e. The monoisotopic (exact) mass is 460 g/mol. The summed E-state index contributed by atoms with van der Waals surface area (Å²) in [6.07, 6.45) is 0. The lowest BCUT2D eigenvalue weighted by molar-refractivity contribution is -0.115. The van der Waals surface area contributed by atoms with E-state index in [-0.39, 0.29) is 24.3 Å². The van der Waals surface area contributed by atoms with Crippen LogP contribution in [-0.4, -0.2) is 28.1 Å². The summed E-state index contributed by atoms with van der Waals surface area (Å²) in [5.41, 5.74) is 2.08. The van der Waals surface area contributed by atoms with Crippen LogP contribution in [0.1, 0.15) is 21.6 Å². The molecule has 2 N–H and O–H groups in total. The van der Waals surface area contributed by atoms with E-state index in [1.807, 2.05) is 43.3 Å². The summed E-state index contributed by atoms with van der Waals surface area (Å²) in [7, 11) is 0. The van der Waals surface area contributed by atoms with Crippen LogP contribution in [-0.2, 0) is 11.3 Å². The van der Waals surface area contributed by atoms with Crippen molar-refractivity contribution in [2.75, 3.05) is 11.9 Å². The van der Waals surface area contributed by atoms with Gasteiger partial charge in [0.15, 0.2) is 5.69 Å². The molecule has 166 valence electrons. The van der Waals surface area contributed by atoms with Crippen molar-refractivity contribution in [1.82, 2.24) is 15.1 Å². The van der Waals surface area contributed by atoms with Gasteiger partial charge in [0.25, 0.3) is 11.5 Å². The highest BCUT2D eigenvalue weighted by atomic mass is 35.5. The van der Waals surface area contributed by atoms with Crippen LogP contribution in [0.25, 0.3) is 10.8 Å². The van der Waals surface area contributed by atoms with E-state index in [0.29, 0.717) is 21.5 Å². The molecule has 0 aliphatic heterocycles. The summed E-state index contributed by atoms with van der Waals surface area (Å²) in [6, 6.07) is 21.4. The van der Waals surface area contributed by atoms with Crippen LogP contribution in [0.4, 0.5) is 5.69 Å². The first-order valence-corrected chi connectivity index (χ1v) is 10.7. The molecule has 1 heterocycles. The van der Waals surface area contributed by atoms with Crippen molar-refractivity contribution in [3.05, 3.63) is 105 Å². The average Bonchev–Trinajstić information content (AvgIpc) is 2.82. The number of benzene rings is 3. The molecule has 0 bridgehead atoms. The van der Waals surface area contributed by atoms with Gasteiger partial charge in [-0.2, -0.15) is 5.10 Å². The Morgan fingerprint density at radius 2 is 1.67 bits per heavy atom. The maximum atomic E-state index is 12.9. The van der Waals surface area contributed by atoms with Crippen LogP contribution in [0.5, 0.6) is 0 Å². The number of hydrogen-bond acceptors (Lipinski definition) is 4. The molecule has 0 saturated carbocycles. The van der Waals surface area contributed by atoms with Crippen LogP contribution in [0.2, 0.25) is 5.02 Å². The minimum absolute atomic E-state index is 0.0716. The number of anilines is 1. The van der Waals surface area contributed by atoms with Crippen molar-refractivity contribution >= 4 is 39.9 Å². The number of nitrogens with zero attached hydrogens (tertiary/aromatic N) is 2. The Morgan fingerprint density at radius 1 is 0.970 bits per heavy atom. The predicted molar refractivity (Wildman–Crippen MR) is 129 cm³/mol. The minimum Gasteiger partial charge on any atom is -0.342 e. The molecular weight excluding hydrogens is 440 g/mol. The molecule has 0 aliphatic carbocycles. The SMILES string of the molecule is Cc1ccc(NC(=O)CNC(=O)c2nn(Cc3ccccc3)c(=O)c3ccccc23)c(Cl)c1. The van der Waals surface area contributed by atoms with Crippen molar-refractivity contribution in [1.29, 1.82) is 0 Å². The Balaban J connectivity index is 1.56. The topological polar surface area (TPSA) is 93.1 Å². The highest BCUT2D eigenvalue weighted by molar-refractivity contribution is 6.33. The second kappa shape index (κ2) is 9.67. The zero-order valence-electron chi connectivity index (χ0n) is 17.8. The lowest BCUT2D eigenvalue weighted by atomic mass is 10.1. The zero-order valence-corrected chi connectivity index (χ0v) is 18.6. The van der Waals surface area contributed by atoms with Crippen molar-refractivity contribution in [3.8, 4) is 0 Å². The molecule has 8 heteroatoms. The fourth-order valence-corrected chi connectivity index (χ4v) is 3.71. The number of aromatic nitrogens is 2. The zero-order chi connectivity index (χ0) is 23.4. The summed E-state index contributed by atoms with van der Waals surface area (Å²) >= 11 is 6.15. The summed E-state index contributed by atoms with van der Waals surface area (Å²) in [4.78, 5) is 38.2. The number of carbonyl (C=O) groups excluding carboxylic acids is 2. The Bertz CT molecular complexity index is 1400. The van der Waals surface area contributed by atoms with Gasteiger partial charge in [-0.1, -0.05) is 66.2 Å². The van der Waals surface area contributed by atoms with Crippen LogP contribution in [0, 0.1) is 6.92 Å². The maximum absolute atomic E-state index is 12.9. The van der Waals surface area contributed by atoms with Gasteiger partial charge in [0.2, 0.25) is 5.91 Å². The van der Waals surface area contributed by atoms with Gasteiger partial charge in [-0.15, -0.1) is 0 Å².